The third-order valence-corrected chi connectivity index (χ3v) is 5.00. The Labute approximate surface area is 187 Å². The number of aliphatic imine (C=N–C) groups is 1. The summed E-state index contributed by atoms with van der Waals surface area (Å²) < 4.78 is 0. The van der Waals surface area contributed by atoms with E-state index in [9.17, 15) is 0 Å². The number of H-pyrrole nitrogens is 1. The lowest BCUT2D eigenvalue weighted by Gasteiger charge is -2.17. The number of nitrogens with one attached hydrogen (secondary N) is 3. The molecule has 0 aliphatic carbocycles. The Bertz CT molecular complexity index is 706. The topological polar surface area (TPSA) is 55.5 Å². The smallest absolute Gasteiger partial charge is 0.191 e. The molecule has 0 saturated heterocycles. The van der Waals surface area contributed by atoms with Gasteiger partial charge in [0.15, 0.2) is 5.96 Å². The first-order valence-electron chi connectivity index (χ1n) is 10.5. The Kier molecular flexibility index (Phi) is 12.2. The van der Waals surface area contributed by atoms with Crippen molar-refractivity contribution in [3.63, 3.8) is 0 Å². The van der Waals surface area contributed by atoms with Crippen LogP contribution in [0.15, 0.2) is 29.4 Å². The number of guanidine groups is 1. The Morgan fingerprint density at radius 3 is 2.61 bits per heavy atom. The third-order valence-electron chi connectivity index (χ3n) is 5.00. The average molecular weight is 499 g/mol. The lowest BCUT2D eigenvalue weighted by Crippen LogP contribution is -2.38. The summed E-state index contributed by atoms with van der Waals surface area (Å²) in [5.74, 6) is 0.927. The molecule has 0 fully saturated rings. The molecular formula is C22H38IN5. The number of aromatic nitrogens is 1. The average Bonchev–Trinajstić information content (AvgIpc) is 3.06. The summed E-state index contributed by atoms with van der Waals surface area (Å²) in [6, 6.07) is 6.60. The van der Waals surface area contributed by atoms with Crippen molar-refractivity contribution in [1.82, 2.24) is 20.5 Å². The monoisotopic (exact) mass is 499 g/mol. The normalized spacial score (nSPS) is 11.7. The van der Waals surface area contributed by atoms with Gasteiger partial charge in [-0.1, -0.05) is 26.0 Å². The first kappa shape index (κ1) is 24.8. The molecule has 0 radical (unpaired) electrons. The quantitative estimate of drug-likeness (QED) is 0.187. The van der Waals surface area contributed by atoms with Crippen molar-refractivity contribution in [2.24, 2.45) is 4.99 Å². The summed E-state index contributed by atoms with van der Waals surface area (Å²) in [6.07, 6.45) is 5.45. The zero-order chi connectivity index (χ0) is 19.5. The molecule has 0 spiro atoms. The molecule has 3 N–H and O–H groups in total. The van der Waals surface area contributed by atoms with E-state index in [-0.39, 0.29) is 24.0 Å². The molecule has 28 heavy (non-hydrogen) atoms. The molecule has 2 aromatic rings. The third kappa shape index (κ3) is 7.99. The lowest BCUT2D eigenvalue weighted by atomic mass is 10.1. The first-order chi connectivity index (χ1) is 13.2. The highest BCUT2D eigenvalue weighted by atomic mass is 127. The predicted octanol–water partition coefficient (Wildman–Crippen LogP) is 4.31. The van der Waals surface area contributed by atoms with E-state index in [0.29, 0.717) is 0 Å². The molecular weight excluding hydrogens is 461 g/mol. The number of unbranched alkanes of at least 4 members (excludes halogenated alkanes) is 1. The molecule has 0 bridgehead atoms. The van der Waals surface area contributed by atoms with Gasteiger partial charge in [-0.05, 0) is 69.9 Å². The van der Waals surface area contributed by atoms with E-state index in [4.69, 9.17) is 4.99 Å². The van der Waals surface area contributed by atoms with Crippen LogP contribution in [0.2, 0.25) is 0 Å². The molecule has 158 valence electrons. The van der Waals surface area contributed by atoms with Gasteiger partial charge in [0.25, 0.3) is 0 Å². The van der Waals surface area contributed by atoms with Crippen molar-refractivity contribution < 1.29 is 0 Å². The van der Waals surface area contributed by atoms with Crippen LogP contribution in [0.25, 0.3) is 10.9 Å². The number of benzene rings is 1. The van der Waals surface area contributed by atoms with Gasteiger partial charge in [0.2, 0.25) is 0 Å². The van der Waals surface area contributed by atoms with Crippen LogP contribution in [0.1, 0.15) is 44.7 Å². The van der Waals surface area contributed by atoms with E-state index < -0.39 is 0 Å². The van der Waals surface area contributed by atoms with Crippen LogP contribution in [0, 0.1) is 6.92 Å². The predicted molar refractivity (Wildman–Crippen MR) is 133 cm³/mol. The van der Waals surface area contributed by atoms with Crippen LogP contribution in [-0.4, -0.2) is 55.1 Å². The number of halogens is 1. The van der Waals surface area contributed by atoms with E-state index in [1.165, 1.54) is 35.0 Å². The van der Waals surface area contributed by atoms with Crippen LogP contribution in [0.4, 0.5) is 0 Å². The van der Waals surface area contributed by atoms with Crippen LogP contribution in [0.3, 0.4) is 0 Å². The van der Waals surface area contributed by atoms with Gasteiger partial charge in [0.05, 0.1) is 0 Å². The van der Waals surface area contributed by atoms with Gasteiger partial charge in [0, 0.05) is 36.7 Å². The molecule has 1 aromatic carbocycles. The van der Waals surface area contributed by atoms with Crippen molar-refractivity contribution in [1.29, 1.82) is 0 Å². The van der Waals surface area contributed by atoms with Crippen LogP contribution in [0.5, 0.6) is 0 Å². The van der Waals surface area contributed by atoms with Gasteiger partial charge in [-0.25, -0.2) is 0 Å². The molecule has 0 amide bonds. The molecule has 2 rings (SSSR count). The Balaban J connectivity index is 0.00000392. The molecule has 0 aliphatic rings. The summed E-state index contributed by atoms with van der Waals surface area (Å²) in [5, 5.41) is 8.14. The van der Waals surface area contributed by atoms with E-state index >= 15 is 0 Å². The van der Waals surface area contributed by atoms with E-state index in [1.807, 2.05) is 0 Å². The SMILES string of the molecule is CCNC(=NCCCCN(CC)CC)NCCc1c[nH]c2cc(C)ccc12.I. The highest BCUT2D eigenvalue weighted by Crippen LogP contribution is 2.19. The number of fused-ring (bicyclic) bond motifs is 1. The van der Waals surface area contributed by atoms with Gasteiger partial charge in [0.1, 0.15) is 0 Å². The van der Waals surface area contributed by atoms with Crippen molar-refractivity contribution in [3.8, 4) is 0 Å². The van der Waals surface area contributed by atoms with Gasteiger partial charge < -0.3 is 20.5 Å². The Hall–Kier alpha value is -1.28. The fourth-order valence-electron chi connectivity index (χ4n) is 3.34. The molecule has 5 nitrogen and oxygen atoms in total. The zero-order valence-electron chi connectivity index (χ0n) is 18.0. The number of nitrogens with zero attached hydrogens (tertiary/aromatic N) is 2. The minimum Gasteiger partial charge on any atom is -0.361 e. The highest BCUT2D eigenvalue weighted by molar-refractivity contribution is 14.0. The lowest BCUT2D eigenvalue weighted by molar-refractivity contribution is 0.297. The minimum absolute atomic E-state index is 0. The maximum atomic E-state index is 4.72. The van der Waals surface area contributed by atoms with Crippen LogP contribution >= 0.6 is 24.0 Å². The molecule has 1 aromatic heterocycles. The number of rotatable bonds is 11. The van der Waals surface area contributed by atoms with E-state index in [2.05, 4.69) is 72.6 Å². The second-order valence-corrected chi connectivity index (χ2v) is 7.03. The van der Waals surface area contributed by atoms with Gasteiger partial charge >= 0.3 is 0 Å². The summed E-state index contributed by atoms with van der Waals surface area (Å²) in [4.78, 5) is 10.6. The van der Waals surface area contributed by atoms with E-state index in [1.54, 1.807) is 0 Å². The maximum Gasteiger partial charge on any atom is 0.191 e. The highest BCUT2D eigenvalue weighted by Gasteiger charge is 2.04. The largest absolute Gasteiger partial charge is 0.361 e. The van der Waals surface area contributed by atoms with Crippen molar-refractivity contribution in [3.05, 3.63) is 35.5 Å². The summed E-state index contributed by atoms with van der Waals surface area (Å²) >= 11 is 0. The number of aryl methyl sites for hydroxylation is 1. The fourth-order valence-corrected chi connectivity index (χ4v) is 3.34. The maximum absolute atomic E-state index is 4.72. The number of hydrogen-bond acceptors (Lipinski definition) is 2. The summed E-state index contributed by atoms with van der Waals surface area (Å²) in [7, 11) is 0. The standard InChI is InChI=1S/C22H37N5.HI/c1-5-23-22(24-13-8-9-15-27(6-2)7-3)25-14-12-19-17-26-21-16-18(4)10-11-20(19)21;/h10-11,16-17,26H,5-9,12-15H2,1-4H3,(H2,23,24,25);1H. The number of hydrogen-bond donors (Lipinski definition) is 3. The first-order valence-corrected chi connectivity index (χ1v) is 10.5. The van der Waals surface area contributed by atoms with Gasteiger partial charge in [-0.15, -0.1) is 24.0 Å². The molecule has 0 saturated carbocycles. The molecule has 0 unspecified atom stereocenters. The number of aromatic amines is 1. The van der Waals surface area contributed by atoms with Gasteiger partial charge in [-0.2, -0.15) is 0 Å². The second kappa shape index (κ2) is 13.8. The molecule has 1 heterocycles. The van der Waals surface area contributed by atoms with Crippen molar-refractivity contribution in [2.45, 2.75) is 47.0 Å². The molecule has 0 atom stereocenters. The molecule has 0 aliphatic heterocycles. The second-order valence-electron chi connectivity index (χ2n) is 7.03. The molecule has 6 heteroatoms. The van der Waals surface area contributed by atoms with E-state index in [0.717, 1.165) is 51.5 Å². The minimum atomic E-state index is 0. The van der Waals surface area contributed by atoms with Crippen molar-refractivity contribution in [2.75, 3.05) is 39.3 Å². The fraction of sp³-hybridized carbons (Fsp3) is 0.591. The van der Waals surface area contributed by atoms with Crippen LogP contribution in [-0.2, 0) is 6.42 Å². The Morgan fingerprint density at radius 2 is 1.89 bits per heavy atom. The Morgan fingerprint density at radius 1 is 1.11 bits per heavy atom. The zero-order valence-corrected chi connectivity index (χ0v) is 20.3. The van der Waals surface area contributed by atoms with Gasteiger partial charge in [-0.3, -0.25) is 4.99 Å². The summed E-state index contributed by atoms with van der Waals surface area (Å²) in [5.41, 5.74) is 3.86. The van der Waals surface area contributed by atoms with Crippen molar-refractivity contribution >= 4 is 40.8 Å². The summed E-state index contributed by atoms with van der Waals surface area (Å²) in [6.45, 7) is 14.8. The van der Waals surface area contributed by atoms with Crippen LogP contribution < -0.4 is 10.6 Å².